The summed E-state index contributed by atoms with van der Waals surface area (Å²) in [6, 6.07) is 0. The average molecular weight is 231 g/mol. The predicted molar refractivity (Wildman–Crippen MR) is 61.3 cm³/mol. The third-order valence-corrected chi connectivity index (χ3v) is 2.12. The highest BCUT2D eigenvalue weighted by atomic mass is 35.5. The normalized spacial score (nSPS) is 15.5. The van der Waals surface area contributed by atoms with Crippen LogP contribution in [0.3, 0.4) is 0 Å². The summed E-state index contributed by atoms with van der Waals surface area (Å²) in [5, 5.41) is 7.12. The summed E-state index contributed by atoms with van der Waals surface area (Å²) in [7, 11) is 3.78. The summed E-state index contributed by atoms with van der Waals surface area (Å²) < 4.78 is 5.15. The fourth-order valence-electron chi connectivity index (χ4n) is 1.33. The van der Waals surface area contributed by atoms with Gasteiger partial charge in [0.25, 0.3) is 11.8 Å². The van der Waals surface area contributed by atoms with Gasteiger partial charge in [0.05, 0.1) is 0 Å². The van der Waals surface area contributed by atoms with Gasteiger partial charge in [-0.25, -0.2) is 0 Å². The largest absolute Gasteiger partial charge is 0.344 e. The number of hydrogen-bond acceptors (Lipinski definition) is 5. The van der Waals surface area contributed by atoms with Crippen LogP contribution < -0.4 is 10.2 Å². The van der Waals surface area contributed by atoms with E-state index in [-0.39, 0.29) is 12.4 Å². The summed E-state index contributed by atoms with van der Waals surface area (Å²) in [4.78, 5) is 6.10. The van der Waals surface area contributed by atoms with Crippen LogP contribution in [0.5, 0.6) is 0 Å². The lowest BCUT2D eigenvalue weighted by atomic mass is 10.1. The van der Waals surface area contributed by atoms with Gasteiger partial charge >= 0.3 is 0 Å². The van der Waals surface area contributed by atoms with Crippen molar-refractivity contribution in [1.82, 2.24) is 15.5 Å². The predicted octanol–water partition coefficient (Wildman–Crippen LogP) is 0.934. The second-order valence-electron chi connectivity index (χ2n) is 3.49. The third kappa shape index (κ3) is 2.70. The van der Waals surface area contributed by atoms with E-state index in [4.69, 9.17) is 4.52 Å². The van der Waals surface area contributed by atoms with Gasteiger partial charge in [0.1, 0.15) is 0 Å². The minimum Gasteiger partial charge on any atom is -0.344 e. The fraction of sp³-hybridized carbons (Fsp3) is 0.556. The average Bonchev–Trinajstić information content (AvgIpc) is 2.68. The smallest absolute Gasteiger partial charge is 0.265 e. The molecule has 0 unspecified atom stereocenters. The zero-order valence-corrected chi connectivity index (χ0v) is 9.67. The number of anilines is 1. The van der Waals surface area contributed by atoms with Crippen LogP contribution in [0.25, 0.3) is 5.57 Å². The molecule has 84 valence electrons. The molecule has 0 aliphatic carbocycles. The minimum absolute atomic E-state index is 0. The molecule has 5 nitrogen and oxygen atoms in total. The number of aromatic nitrogens is 2. The van der Waals surface area contributed by atoms with Crippen molar-refractivity contribution in [1.29, 1.82) is 0 Å². The van der Waals surface area contributed by atoms with Crippen LogP contribution in [0.2, 0.25) is 0 Å². The first-order chi connectivity index (χ1) is 6.77. The number of nitrogens with zero attached hydrogens (tertiary/aromatic N) is 3. The zero-order chi connectivity index (χ0) is 9.97. The lowest BCUT2D eigenvalue weighted by Crippen LogP contribution is -2.21. The maximum absolute atomic E-state index is 5.15. The van der Waals surface area contributed by atoms with Crippen molar-refractivity contribution in [3.05, 3.63) is 12.0 Å². The van der Waals surface area contributed by atoms with Crippen molar-refractivity contribution < 1.29 is 4.52 Å². The Hall–Kier alpha value is -1.07. The molecule has 0 fully saturated rings. The topological polar surface area (TPSA) is 54.2 Å². The highest BCUT2D eigenvalue weighted by molar-refractivity contribution is 5.85. The molecule has 1 aliphatic rings. The van der Waals surface area contributed by atoms with E-state index in [1.165, 1.54) is 0 Å². The summed E-state index contributed by atoms with van der Waals surface area (Å²) in [5.41, 5.74) is 1.09. The molecule has 1 N–H and O–H groups in total. The van der Waals surface area contributed by atoms with Crippen LogP contribution in [-0.4, -0.2) is 37.3 Å². The van der Waals surface area contributed by atoms with Gasteiger partial charge in [-0.2, -0.15) is 4.98 Å². The van der Waals surface area contributed by atoms with Crippen LogP contribution in [0.1, 0.15) is 12.3 Å². The molecular formula is C9H15ClN4O. The molecule has 2 heterocycles. The van der Waals surface area contributed by atoms with Crippen molar-refractivity contribution >= 4 is 23.9 Å². The van der Waals surface area contributed by atoms with E-state index in [1.807, 2.05) is 19.0 Å². The van der Waals surface area contributed by atoms with Crippen LogP contribution in [0.15, 0.2) is 10.6 Å². The molecule has 0 radical (unpaired) electrons. The van der Waals surface area contributed by atoms with Crippen molar-refractivity contribution in [2.75, 3.05) is 32.1 Å². The molecule has 0 aromatic carbocycles. The fourth-order valence-corrected chi connectivity index (χ4v) is 1.33. The summed E-state index contributed by atoms with van der Waals surface area (Å²) in [5.74, 6) is 1.24. The second-order valence-corrected chi connectivity index (χ2v) is 3.49. The van der Waals surface area contributed by atoms with Gasteiger partial charge in [-0.05, 0) is 18.1 Å². The van der Waals surface area contributed by atoms with E-state index in [9.17, 15) is 0 Å². The van der Waals surface area contributed by atoms with E-state index in [2.05, 4.69) is 21.5 Å². The number of halogens is 1. The quantitative estimate of drug-likeness (QED) is 0.820. The van der Waals surface area contributed by atoms with E-state index in [1.54, 1.807) is 0 Å². The summed E-state index contributed by atoms with van der Waals surface area (Å²) in [6.45, 7) is 1.84. The Morgan fingerprint density at radius 3 is 2.80 bits per heavy atom. The Balaban J connectivity index is 0.00000112. The van der Waals surface area contributed by atoms with Crippen LogP contribution in [0.4, 0.5) is 5.95 Å². The van der Waals surface area contributed by atoms with Gasteiger partial charge in [-0.1, -0.05) is 6.08 Å². The van der Waals surface area contributed by atoms with Crippen molar-refractivity contribution in [2.45, 2.75) is 6.42 Å². The van der Waals surface area contributed by atoms with Gasteiger partial charge in [-0.15, -0.1) is 12.4 Å². The first kappa shape index (κ1) is 12.0. The molecule has 1 aliphatic heterocycles. The third-order valence-electron chi connectivity index (χ3n) is 2.12. The minimum atomic E-state index is 0. The maximum atomic E-state index is 5.15. The molecule has 0 amide bonds. The molecule has 6 heteroatoms. The van der Waals surface area contributed by atoms with Crippen LogP contribution >= 0.6 is 12.4 Å². The Morgan fingerprint density at radius 1 is 1.47 bits per heavy atom. The molecule has 1 aromatic heterocycles. The van der Waals surface area contributed by atoms with Crippen LogP contribution in [0, 0.1) is 0 Å². The SMILES string of the molecule is CN(C)c1noc(C2=CCCNC2)n1.Cl. The highest BCUT2D eigenvalue weighted by Crippen LogP contribution is 2.16. The Morgan fingerprint density at radius 2 is 2.27 bits per heavy atom. The molecule has 2 rings (SSSR count). The second kappa shape index (κ2) is 5.14. The number of nitrogens with one attached hydrogen (secondary N) is 1. The molecule has 0 bridgehead atoms. The molecule has 0 saturated carbocycles. The summed E-state index contributed by atoms with van der Waals surface area (Å²) >= 11 is 0. The van der Waals surface area contributed by atoms with E-state index in [0.29, 0.717) is 11.8 Å². The van der Waals surface area contributed by atoms with Gasteiger partial charge < -0.3 is 14.7 Å². The lowest BCUT2D eigenvalue weighted by Gasteiger charge is -2.10. The van der Waals surface area contributed by atoms with E-state index < -0.39 is 0 Å². The van der Waals surface area contributed by atoms with Gasteiger partial charge in [-0.3, -0.25) is 0 Å². The van der Waals surface area contributed by atoms with Crippen molar-refractivity contribution in [3.8, 4) is 0 Å². The molecule has 1 aromatic rings. The van der Waals surface area contributed by atoms with E-state index >= 15 is 0 Å². The van der Waals surface area contributed by atoms with Crippen molar-refractivity contribution in [3.63, 3.8) is 0 Å². The lowest BCUT2D eigenvalue weighted by molar-refractivity contribution is 0.405. The van der Waals surface area contributed by atoms with E-state index in [0.717, 1.165) is 25.1 Å². The Kier molecular flexibility index (Phi) is 4.11. The Bertz CT molecular complexity index is 348. The standard InChI is InChI=1S/C9H14N4O.ClH/c1-13(2)9-11-8(14-12-9)7-4-3-5-10-6-7;/h4,10H,3,5-6H2,1-2H3;1H. The first-order valence-electron chi connectivity index (χ1n) is 4.68. The van der Waals surface area contributed by atoms with Gasteiger partial charge in [0.2, 0.25) is 0 Å². The highest BCUT2D eigenvalue weighted by Gasteiger charge is 2.13. The molecule has 15 heavy (non-hydrogen) atoms. The maximum Gasteiger partial charge on any atom is 0.265 e. The molecule has 0 atom stereocenters. The molecular weight excluding hydrogens is 216 g/mol. The van der Waals surface area contributed by atoms with Crippen molar-refractivity contribution in [2.24, 2.45) is 0 Å². The first-order valence-corrected chi connectivity index (χ1v) is 4.68. The van der Waals surface area contributed by atoms with Gasteiger partial charge in [0, 0.05) is 26.2 Å². The number of hydrogen-bond donors (Lipinski definition) is 1. The molecule has 0 spiro atoms. The number of rotatable bonds is 2. The Labute approximate surface area is 94.9 Å². The van der Waals surface area contributed by atoms with Gasteiger partial charge in [0.15, 0.2) is 0 Å². The van der Waals surface area contributed by atoms with Crippen LogP contribution in [-0.2, 0) is 0 Å². The monoisotopic (exact) mass is 230 g/mol. The zero-order valence-electron chi connectivity index (χ0n) is 8.86. The summed E-state index contributed by atoms with van der Waals surface area (Å²) in [6.07, 6.45) is 3.17. The molecule has 0 saturated heterocycles.